The number of esters is 2. The minimum Gasteiger partial charge on any atom is -0.466 e. The minimum absolute atomic E-state index is 0.308. The fraction of sp³-hybridized carbons (Fsp3) is 0.947. The molecule has 0 saturated heterocycles. The number of carbonyl (C=O) groups is 2. The molecule has 1 atom stereocenters. The molecule has 0 aliphatic rings. The van der Waals surface area contributed by atoms with Crippen molar-refractivity contribution in [2.24, 2.45) is 0 Å². The lowest BCUT2D eigenvalue weighted by Crippen LogP contribution is -2.27. The van der Waals surface area contributed by atoms with Crippen LogP contribution in [-0.4, -0.2) is 36.4 Å². The van der Waals surface area contributed by atoms with Crippen LogP contribution in [0.4, 0.5) is 0 Å². The van der Waals surface area contributed by atoms with E-state index < -0.39 is 18.0 Å². The van der Waals surface area contributed by atoms with Crippen LogP contribution in [0.5, 0.6) is 0 Å². The number of hydrogen-bond donors (Lipinski definition) is 1. The standard InChI is InChI=1S/C38H74O5/c1-3-5-7-9-11-13-15-17-19-21-23-25-27-29-31-33-42-37(40)35-36(39)38(41)43-34-32-30-28-26-24-22-20-18-16-14-12-10-8-6-4-2/h36,39H,3-35H2,1-2H3. The molecule has 43 heavy (non-hydrogen) atoms. The molecule has 0 saturated carbocycles. The normalized spacial score (nSPS) is 12.0. The highest BCUT2D eigenvalue weighted by molar-refractivity contribution is 5.81. The summed E-state index contributed by atoms with van der Waals surface area (Å²) in [5.41, 5.74) is 0. The highest BCUT2D eigenvalue weighted by Crippen LogP contribution is 2.15. The molecule has 0 aliphatic heterocycles. The van der Waals surface area contributed by atoms with Crippen LogP contribution in [0.1, 0.15) is 213 Å². The first-order chi connectivity index (χ1) is 21.1. The molecular formula is C38H74O5. The number of aliphatic hydroxyl groups excluding tert-OH is 1. The summed E-state index contributed by atoms with van der Waals surface area (Å²) in [6.45, 7) is 5.20. The summed E-state index contributed by atoms with van der Waals surface area (Å²) in [4.78, 5) is 23.9. The van der Waals surface area contributed by atoms with Gasteiger partial charge in [0.1, 0.15) is 0 Å². The Morgan fingerprint density at radius 2 is 0.674 bits per heavy atom. The van der Waals surface area contributed by atoms with Gasteiger partial charge in [0, 0.05) is 0 Å². The fourth-order valence-electron chi connectivity index (χ4n) is 5.70. The number of ether oxygens (including phenoxy) is 2. The zero-order valence-electron chi connectivity index (χ0n) is 29.0. The largest absolute Gasteiger partial charge is 0.466 e. The Morgan fingerprint density at radius 3 is 0.977 bits per heavy atom. The van der Waals surface area contributed by atoms with Crippen LogP contribution in [0.3, 0.4) is 0 Å². The molecule has 0 aromatic rings. The SMILES string of the molecule is CCCCCCCCCCCCCCCCCOC(=O)CC(O)C(=O)OCCCCCCCCCCCCCCCCC. The Morgan fingerprint density at radius 1 is 0.419 bits per heavy atom. The second-order valence-corrected chi connectivity index (χ2v) is 13.0. The molecular weight excluding hydrogens is 536 g/mol. The van der Waals surface area contributed by atoms with Gasteiger partial charge in [-0.05, 0) is 12.8 Å². The molecule has 5 nitrogen and oxygen atoms in total. The van der Waals surface area contributed by atoms with Crippen LogP contribution in [0, 0.1) is 0 Å². The number of unbranched alkanes of at least 4 members (excludes halogenated alkanes) is 28. The third-order valence-electron chi connectivity index (χ3n) is 8.64. The smallest absolute Gasteiger partial charge is 0.335 e. The molecule has 0 fully saturated rings. The van der Waals surface area contributed by atoms with Crippen molar-refractivity contribution in [1.29, 1.82) is 0 Å². The summed E-state index contributed by atoms with van der Waals surface area (Å²) in [7, 11) is 0. The van der Waals surface area contributed by atoms with Crippen molar-refractivity contribution in [3.05, 3.63) is 0 Å². The fourth-order valence-corrected chi connectivity index (χ4v) is 5.70. The van der Waals surface area contributed by atoms with E-state index in [2.05, 4.69) is 13.8 Å². The molecule has 0 bridgehead atoms. The van der Waals surface area contributed by atoms with Gasteiger partial charge >= 0.3 is 11.9 Å². The van der Waals surface area contributed by atoms with E-state index in [-0.39, 0.29) is 6.42 Å². The second kappa shape index (κ2) is 35.4. The van der Waals surface area contributed by atoms with Crippen molar-refractivity contribution in [1.82, 2.24) is 0 Å². The summed E-state index contributed by atoms with van der Waals surface area (Å²) in [6, 6.07) is 0. The van der Waals surface area contributed by atoms with Gasteiger partial charge in [-0.1, -0.05) is 194 Å². The maximum absolute atomic E-state index is 12.0. The lowest BCUT2D eigenvalue weighted by atomic mass is 10.0. The first-order valence-electron chi connectivity index (χ1n) is 19.1. The molecule has 0 heterocycles. The molecule has 0 radical (unpaired) electrons. The first-order valence-corrected chi connectivity index (χ1v) is 19.1. The van der Waals surface area contributed by atoms with Crippen LogP contribution < -0.4 is 0 Å². The van der Waals surface area contributed by atoms with Gasteiger partial charge in [0.15, 0.2) is 6.10 Å². The molecule has 0 rings (SSSR count). The third-order valence-corrected chi connectivity index (χ3v) is 8.64. The number of carbonyl (C=O) groups excluding carboxylic acids is 2. The van der Waals surface area contributed by atoms with Gasteiger partial charge in [0.25, 0.3) is 0 Å². The Balaban J connectivity index is 3.39. The van der Waals surface area contributed by atoms with Gasteiger partial charge in [-0.2, -0.15) is 0 Å². The van der Waals surface area contributed by atoms with Crippen molar-refractivity contribution >= 4 is 11.9 Å². The maximum Gasteiger partial charge on any atom is 0.335 e. The number of hydrogen-bond acceptors (Lipinski definition) is 5. The highest BCUT2D eigenvalue weighted by Gasteiger charge is 2.21. The van der Waals surface area contributed by atoms with Gasteiger partial charge in [-0.25, -0.2) is 4.79 Å². The van der Waals surface area contributed by atoms with Crippen LogP contribution in [0.25, 0.3) is 0 Å². The molecule has 256 valence electrons. The topological polar surface area (TPSA) is 72.8 Å². The van der Waals surface area contributed by atoms with Crippen LogP contribution in [0.15, 0.2) is 0 Å². The molecule has 0 aromatic carbocycles. The summed E-state index contributed by atoms with van der Waals surface area (Å²) >= 11 is 0. The van der Waals surface area contributed by atoms with Crippen molar-refractivity contribution in [2.45, 2.75) is 219 Å². The summed E-state index contributed by atoms with van der Waals surface area (Å²) in [5.74, 6) is -1.24. The quantitative estimate of drug-likeness (QED) is 0.0571. The monoisotopic (exact) mass is 611 g/mol. The van der Waals surface area contributed by atoms with E-state index in [9.17, 15) is 14.7 Å². The van der Waals surface area contributed by atoms with Crippen molar-refractivity contribution in [2.75, 3.05) is 13.2 Å². The first kappa shape index (κ1) is 41.9. The van der Waals surface area contributed by atoms with Crippen molar-refractivity contribution in [3.8, 4) is 0 Å². The lowest BCUT2D eigenvalue weighted by molar-refractivity contribution is -0.160. The molecule has 0 aliphatic carbocycles. The van der Waals surface area contributed by atoms with E-state index in [0.29, 0.717) is 13.2 Å². The molecule has 1 unspecified atom stereocenters. The highest BCUT2D eigenvalue weighted by atomic mass is 16.6. The molecule has 0 amide bonds. The van der Waals surface area contributed by atoms with E-state index in [4.69, 9.17) is 9.47 Å². The zero-order chi connectivity index (χ0) is 31.5. The molecule has 5 heteroatoms. The molecule has 0 aromatic heterocycles. The summed E-state index contributed by atoms with van der Waals surface area (Å²) < 4.78 is 10.4. The van der Waals surface area contributed by atoms with Gasteiger partial charge in [0.05, 0.1) is 19.6 Å². The van der Waals surface area contributed by atoms with Gasteiger partial charge in [-0.15, -0.1) is 0 Å². The predicted octanol–water partition coefficient (Wildman–Crippen LogP) is 11.6. The van der Waals surface area contributed by atoms with Crippen LogP contribution in [-0.2, 0) is 19.1 Å². The number of aliphatic hydroxyl groups is 1. The second-order valence-electron chi connectivity index (χ2n) is 13.0. The van der Waals surface area contributed by atoms with E-state index >= 15 is 0 Å². The molecule has 1 N–H and O–H groups in total. The third kappa shape index (κ3) is 33.6. The summed E-state index contributed by atoms with van der Waals surface area (Å²) in [5, 5.41) is 9.97. The minimum atomic E-state index is -1.43. The van der Waals surface area contributed by atoms with Crippen LogP contribution >= 0.6 is 0 Å². The Labute approximate surface area is 268 Å². The van der Waals surface area contributed by atoms with Crippen LogP contribution in [0.2, 0.25) is 0 Å². The van der Waals surface area contributed by atoms with E-state index in [1.165, 1.54) is 161 Å². The van der Waals surface area contributed by atoms with Gasteiger partial charge in [-0.3, -0.25) is 4.79 Å². The maximum atomic E-state index is 12.0. The zero-order valence-corrected chi connectivity index (χ0v) is 29.0. The lowest BCUT2D eigenvalue weighted by Gasteiger charge is -2.11. The van der Waals surface area contributed by atoms with E-state index in [1.54, 1.807) is 0 Å². The van der Waals surface area contributed by atoms with Gasteiger partial charge < -0.3 is 14.6 Å². The van der Waals surface area contributed by atoms with E-state index in [0.717, 1.165) is 32.1 Å². The van der Waals surface area contributed by atoms with Gasteiger partial charge in [0.2, 0.25) is 0 Å². The Bertz CT molecular complexity index is 579. The molecule has 0 spiro atoms. The Hall–Kier alpha value is -1.10. The number of rotatable bonds is 35. The average Bonchev–Trinajstić information content (AvgIpc) is 3.00. The average molecular weight is 611 g/mol. The van der Waals surface area contributed by atoms with E-state index in [1.807, 2.05) is 0 Å². The Kier molecular flexibility index (Phi) is 34.5. The van der Waals surface area contributed by atoms with Crippen molar-refractivity contribution < 1.29 is 24.2 Å². The predicted molar refractivity (Wildman–Crippen MR) is 182 cm³/mol. The summed E-state index contributed by atoms with van der Waals surface area (Å²) in [6.07, 6.45) is 37.0. The van der Waals surface area contributed by atoms with Crippen molar-refractivity contribution in [3.63, 3.8) is 0 Å².